The predicted molar refractivity (Wildman–Crippen MR) is 76.8 cm³/mol. The molecule has 0 spiro atoms. The highest BCUT2D eigenvalue weighted by Gasteiger charge is 2.06. The summed E-state index contributed by atoms with van der Waals surface area (Å²) >= 11 is 1.58. The second-order valence-electron chi connectivity index (χ2n) is 3.55. The third-order valence-corrected chi connectivity index (χ3v) is 3.10. The smallest absolute Gasteiger partial charge is 0.180 e. The summed E-state index contributed by atoms with van der Waals surface area (Å²) in [6.07, 6.45) is 5.88. The fourth-order valence-electron chi connectivity index (χ4n) is 1.39. The van der Waals surface area contributed by atoms with Gasteiger partial charge in [-0.1, -0.05) is 24.6 Å². The van der Waals surface area contributed by atoms with Gasteiger partial charge < -0.3 is 10.5 Å². The number of halogens is 1. The van der Waals surface area contributed by atoms with Crippen molar-refractivity contribution >= 4 is 39.6 Å². The Morgan fingerprint density at radius 1 is 1.25 bits per heavy atom. The second kappa shape index (κ2) is 10.1. The van der Waals surface area contributed by atoms with Gasteiger partial charge in [-0.25, -0.2) is 0 Å². The molecule has 0 saturated heterocycles. The summed E-state index contributed by atoms with van der Waals surface area (Å²) in [7, 11) is 1.75. The van der Waals surface area contributed by atoms with Crippen LogP contribution in [0, 0.1) is 0 Å². The molecule has 0 saturated carbocycles. The molecule has 1 heterocycles. The maximum atomic E-state index is 5.50. The van der Waals surface area contributed by atoms with Gasteiger partial charge in [0.05, 0.1) is 5.71 Å². The first-order chi connectivity index (χ1) is 7.33. The van der Waals surface area contributed by atoms with Crippen LogP contribution in [0.4, 0.5) is 0 Å². The van der Waals surface area contributed by atoms with Gasteiger partial charge in [0.15, 0.2) is 5.17 Å². The van der Waals surface area contributed by atoms with Crippen molar-refractivity contribution in [2.75, 3.05) is 19.5 Å². The number of methoxy groups -OCH3 is 1. The van der Waals surface area contributed by atoms with E-state index in [1.165, 1.54) is 25.0 Å². The monoisotopic (exact) mass is 309 g/mol. The van der Waals surface area contributed by atoms with E-state index in [0.29, 0.717) is 5.17 Å². The molecule has 0 unspecified atom stereocenters. The minimum Gasteiger partial charge on any atom is -0.385 e. The quantitative estimate of drug-likeness (QED) is 0.735. The summed E-state index contributed by atoms with van der Waals surface area (Å²) in [4.78, 5) is 0. The average molecular weight is 310 g/mol. The first-order valence-electron chi connectivity index (χ1n) is 5.33. The molecule has 94 valence electrons. The van der Waals surface area contributed by atoms with E-state index < -0.39 is 0 Å². The zero-order valence-corrected chi connectivity index (χ0v) is 12.2. The lowest BCUT2D eigenvalue weighted by Gasteiger charge is -2.08. The molecule has 0 aromatic carbocycles. The largest absolute Gasteiger partial charge is 0.385 e. The van der Waals surface area contributed by atoms with Crippen molar-refractivity contribution in [2.45, 2.75) is 32.1 Å². The number of unbranched alkanes of at least 4 members (excludes halogenated alkanes) is 3. The highest BCUT2D eigenvalue weighted by Crippen LogP contribution is 2.12. The van der Waals surface area contributed by atoms with Crippen molar-refractivity contribution in [1.82, 2.24) is 0 Å². The Hall–Kier alpha value is -0.0700. The summed E-state index contributed by atoms with van der Waals surface area (Å²) in [6.45, 7) is 0.873. The van der Waals surface area contributed by atoms with Crippen LogP contribution in [0.5, 0.6) is 0 Å². The van der Waals surface area contributed by atoms with Gasteiger partial charge >= 0.3 is 0 Å². The van der Waals surface area contributed by atoms with Crippen LogP contribution < -0.4 is 5.73 Å². The molecule has 0 bridgehead atoms. The van der Waals surface area contributed by atoms with Crippen molar-refractivity contribution < 1.29 is 4.74 Å². The predicted octanol–water partition coefficient (Wildman–Crippen LogP) is 2.58. The average Bonchev–Trinajstić information content (AvgIpc) is 2.26. The number of nitrogens with zero attached hydrogens (tertiary/aromatic N) is 2. The molecule has 0 aliphatic carbocycles. The molecule has 0 aromatic heterocycles. The lowest BCUT2D eigenvalue weighted by molar-refractivity contribution is 0.192. The van der Waals surface area contributed by atoms with Gasteiger partial charge in [0.2, 0.25) is 0 Å². The number of hydrogen-bond donors (Lipinski definition) is 1. The van der Waals surface area contributed by atoms with E-state index in [-0.39, 0.29) is 17.0 Å². The fraction of sp³-hybridized carbons (Fsp3) is 0.800. The lowest BCUT2D eigenvalue weighted by Crippen LogP contribution is -2.15. The Morgan fingerprint density at radius 3 is 2.62 bits per heavy atom. The molecular weight excluding hydrogens is 290 g/mol. The fourth-order valence-corrected chi connectivity index (χ4v) is 2.00. The normalized spacial score (nSPS) is 15.1. The SMILES string of the molecule is Br.COCCCCCCC1=NN=C(N)SC1. The van der Waals surface area contributed by atoms with Crippen molar-refractivity contribution in [3.8, 4) is 0 Å². The molecule has 0 atom stereocenters. The van der Waals surface area contributed by atoms with Gasteiger partial charge in [0.25, 0.3) is 0 Å². The Morgan fingerprint density at radius 2 is 2.00 bits per heavy atom. The van der Waals surface area contributed by atoms with E-state index in [0.717, 1.165) is 25.2 Å². The highest BCUT2D eigenvalue weighted by molar-refractivity contribution is 8.93. The van der Waals surface area contributed by atoms with E-state index in [9.17, 15) is 0 Å². The molecule has 1 aliphatic heterocycles. The second-order valence-corrected chi connectivity index (χ2v) is 4.55. The van der Waals surface area contributed by atoms with E-state index in [1.54, 1.807) is 18.9 Å². The summed E-state index contributed by atoms with van der Waals surface area (Å²) in [6, 6.07) is 0. The number of thioether (sulfide) groups is 1. The first kappa shape index (κ1) is 15.9. The molecule has 1 aliphatic rings. The number of ether oxygens (including phenoxy) is 1. The standard InChI is InChI=1S/C10H19N3OS.BrH/c1-14-7-5-3-2-4-6-9-8-15-10(11)13-12-9;/h2-8H2,1H3,(H2,11,13);1H. The number of amidine groups is 1. The first-order valence-corrected chi connectivity index (χ1v) is 6.32. The molecule has 0 aromatic rings. The van der Waals surface area contributed by atoms with Crippen molar-refractivity contribution in [3.05, 3.63) is 0 Å². The number of hydrogen-bond acceptors (Lipinski definition) is 5. The third kappa shape index (κ3) is 7.24. The van der Waals surface area contributed by atoms with Crippen LogP contribution in [0.15, 0.2) is 10.2 Å². The molecule has 0 radical (unpaired) electrons. The van der Waals surface area contributed by atoms with Gasteiger partial charge in [-0.3, -0.25) is 0 Å². The molecule has 4 nitrogen and oxygen atoms in total. The molecule has 6 heteroatoms. The maximum Gasteiger partial charge on any atom is 0.180 e. The summed E-state index contributed by atoms with van der Waals surface area (Å²) in [5.74, 6) is 0.910. The zero-order valence-electron chi connectivity index (χ0n) is 9.65. The van der Waals surface area contributed by atoms with Gasteiger partial charge in [0, 0.05) is 19.5 Å². The molecule has 0 amide bonds. The minimum atomic E-state index is 0. The summed E-state index contributed by atoms with van der Waals surface area (Å²) < 4.78 is 4.99. The van der Waals surface area contributed by atoms with Crippen LogP contribution in [-0.2, 0) is 4.74 Å². The Balaban J connectivity index is 0.00000225. The Labute approximate surface area is 112 Å². The van der Waals surface area contributed by atoms with Crippen LogP contribution in [0.3, 0.4) is 0 Å². The van der Waals surface area contributed by atoms with E-state index >= 15 is 0 Å². The minimum absolute atomic E-state index is 0. The van der Waals surface area contributed by atoms with Gasteiger partial charge in [-0.2, -0.15) is 5.10 Å². The van der Waals surface area contributed by atoms with Crippen molar-refractivity contribution in [2.24, 2.45) is 15.9 Å². The van der Waals surface area contributed by atoms with Crippen LogP contribution in [0.25, 0.3) is 0 Å². The Bertz CT molecular complexity index is 246. The van der Waals surface area contributed by atoms with Crippen LogP contribution in [0.2, 0.25) is 0 Å². The van der Waals surface area contributed by atoms with E-state index in [4.69, 9.17) is 10.5 Å². The summed E-state index contributed by atoms with van der Waals surface area (Å²) in [5.41, 5.74) is 6.67. The van der Waals surface area contributed by atoms with Gasteiger partial charge in [-0.15, -0.1) is 22.1 Å². The van der Waals surface area contributed by atoms with E-state index in [2.05, 4.69) is 10.2 Å². The van der Waals surface area contributed by atoms with Crippen LogP contribution in [-0.4, -0.2) is 30.3 Å². The van der Waals surface area contributed by atoms with Crippen molar-refractivity contribution in [3.63, 3.8) is 0 Å². The van der Waals surface area contributed by atoms with Gasteiger partial charge in [0.1, 0.15) is 0 Å². The highest BCUT2D eigenvalue weighted by atomic mass is 79.9. The number of nitrogens with two attached hydrogens (primary N) is 1. The van der Waals surface area contributed by atoms with Gasteiger partial charge in [-0.05, 0) is 19.3 Å². The number of rotatable bonds is 7. The topological polar surface area (TPSA) is 60.0 Å². The summed E-state index contributed by atoms with van der Waals surface area (Å²) in [5, 5.41) is 8.53. The lowest BCUT2D eigenvalue weighted by atomic mass is 10.1. The maximum absolute atomic E-state index is 5.50. The molecule has 2 N–H and O–H groups in total. The third-order valence-electron chi connectivity index (χ3n) is 2.24. The van der Waals surface area contributed by atoms with Crippen LogP contribution in [0.1, 0.15) is 32.1 Å². The van der Waals surface area contributed by atoms with Crippen molar-refractivity contribution in [1.29, 1.82) is 0 Å². The van der Waals surface area contributed by atoms with Crippen LogP contribution >= 0.6 is 28.7 Å². The van der Waals surface area contributed by atoms with E-state index in [1.807, 2.05) is 0 Å². The molecular formula is C10H20BrN3OS. The molecule has 16 heavy (non-hydrogen) atoms. The zero-order chi connectivity index (χ0) is 10.9. The molecule has 1 rings (SSSR count). The Kier molecular flexibility index (Phi) is 10.1. The molecule has 0 fully saturated rings.